The molecule has 3 heterocycles. The fourth-order valence-electron chi connectivity index (χ4n) is 2.51. The molecule has 7 nitrogen and oxygen atoms in total. The van der Waals surface area contributed by atoms with Gasteiger partial charge in [-0.2, -0.15) is 49.6 Å². The van der Waals surface area contributed by atoms with Gasteiger partial charge in [-0.3, -0.25) is 9.48 Å². The van der Waals surface area contributed by atoms with Crippen LogP contribution in [0, 0.1) is 5.82 Å². The minimum absolute atomic E-state index is 0.0180. The van der Waals surface area contributed by atoms with Crippen molar-refractivity contribution in [2.24, 2.45) is 0 Å². The van der Waals surface area contributed by atoms with E-state index in [2.05, 4.69) is 19.8 Å². The molecule has 0 aliphatic heterocycles. The molecular weight excluding hydrogens is 453 g/mol. The lowest BCUT2D eigenvalue weighted by Crippen LogP contribution is -2.40. The van der Waals surface area contributed by atoms with Crippen LogP contribution in [0.25, 0.3) is 16.9 Å². The zero-order chi connectivity index (χ0) is 23.4. The largest absolute Gasteiger partial charge is 0.479 e. The monoisotopic (exact) mass is 461 g/mol. The molecule has 3 aromatic heterocycles. The third-order valence-electron chi connectivity index (χ3n) is 3.90. The van der Waals surface area contributed by atoms with Crippen LogP contribution in [0.1, 0.15) is 5.69 Å². The standard InChI is InChI=1S/C15H8F9N5O2/c1-31-10-7(16)4-29-11(30)8(9(14(19,20)21)26-12(29)27-10)6-2-25-28(3-6)5-13(17,18)15(22,23)24/h2-4H,5H2,1H3. The van der Waals surface area contributed by atoms with Crippen LogP contribution in [-0.2, 0) is 12.7 Å². The van der Waals surface area contributed by atoms with E-state index < -0.39 is 64.7 Å². The number of ether oxygens (including phenoxy) is 1. The molecule has 0 aliphatic rings. The van der Waals surface area contributed by atoms with Crippen molar-refractivity contribution < 1.29 is 44.3 Å². The molecule has 0 aromatic carbocycles. The molecule has 0 spiro atoms. The Morgan fingerprint density at radius 2 is 1.68 bits per heavy atom. The number of nitrogens with zero attached hydrogens (tertiary/aromatic N) is 5. The summed E-state index contributed by atoms with van der Waals surface area (Å²) in [4.78, 5) is 19.1. The maximum absolute atomic E-state index is 13.9. The summed E-state index contributed by atoms with van der Waals surface area (Å²) >= 11 is 0. The van der Waals surface area contributed by atoms with Crippen LogP contribution in [0.4, 0.5) is 39.5 Å². The van der Waals surface area contributed by atoms with Gasteiger partial charge < -0.3 is 4.74 Å². The van der Waals surface area contributed by atoms with Crippen molar-refractivity contribution in [3.63, 3.8) is 0 Å². The van der Waals surface area contributed by atoms with Gasteiger partial charge in [0.05, 0.1) is 25.1 Å². The molecule has 0 fully saturated rings. The Morgan fingerprint density at radius 1 is 1.03 bits per heavy atom. The van der Waals surface area contributed by atoms with Gasteiger partial charge >= 0.3 is 18.3 Å². The van der Waals surface area contributed by atoms with Gasteiger partial charge in [0, 0.05) is 11.8 Å². The first-order chi connectivity index (χ1) is 14.2. The number of alkyl halides is 8. The Morgan fingerprint density at radius 3 is 2.23 bits per heavy atom. The van der Waals surface area contributed by atoms with Crippen LogP contribution < -0.4 is 10.3 Å². The summed E-state index contributed by atoms with van der Waals surface area (Å²) in [6, 6.07) is 0. The highest BCUT2D eigenvalue weighted by Crippen LogP contribution is 2.37. The van der Waals surface area contributed by atoms with E-state index in [1.807, 2.05) is 0 Å². The van der Waals surface area contributed by atoms with Crippen molar-refractivity contribution in [1.29, 1.82) is 0 Å². The smallest absolute Gasteiger partial charge is 0.455 e. The first kappa shape index (κ1) is 22.4. The molecule has 0 bridgehead atoms. The Balaban J connectivity index is 2.21. The second-order valence-electron chi connectivity index (χ2n) is 6.04. The van der Waals surface area contributed by atoms with Gasteiger partial charge in [-0.05, 0) is 0 Å². The SMILES string of the molecule is COc1nc2nc(C(F)(F)F)c(-c3cnn(CC(F)(F)C(F)(F)F)c3)c(=O)n2cc1F. The Bertz CT molecular complexity index is 1200. The second-order valence-corrected chi connectivity index (χ2v) is 6.04. The minimum atomic E-state index is -5.94. The van der Waals surface area contributed by atoms with E-state index in [9.17, 15) is 44.3 Å². The second kappa shape index (κ2) is 7.12. The molecule has 16 heteroatoms. The van der Waals surface area contributed by atoms with Crippen molar-refractivity contribution in [2.45, 2.75) is 24.8 Å². The fourth-order valence-corrected chi connectivity index (χ4v) is 2.51. The zero-order valence-electron chi connectivity index (χ0n) is 14.9. The summed E-state index contributed by atoms with van der Waals surface area (Å²) in [7, 11) is 0.962. The summed E-state index contributed by atoms with van der Waals surface area (Å²) in [6.45, 7) is -2.05. The van der Waals surface area contributed by atoms with Gasteiger partial charge in [0.15, 0.2) is 5.69 Å². The number of methoxy groups -OCH3 is 1. The maximum Gasteiger partial charge on any atom is 0.455 e. The number of rotatable bonds is 4. The van der Waals surface area contributed by atoms with Gasteiger partial charge in [0.2, 0.25) is 11.6 Å². The maximum atomic E-state index is 13.9. The van der Waals surface area contributed by atoms with Crippen molar-refractivity contribution in [3.05, 3.63) is 40.5 Å². The molecule has 0 saturated carbocycles. The lowest BCUT2D eigenvalue weighted by atomic mass is 10.1. The van der Waals surface area contributed by atoms with Crippen LogP contribution in [0.3, 0.4) is 0 Å². The normalized spacial score (nSPS) is 13.1. The first-order valence-electron chi connectivity index (χ1n) is 7.87. The number of hydrogen-bond acceptors (Lipinski definition) is 5. The average molecular weight is 461 g/mol. The van der Waals surface area contributed by atoms with E-state index in [-0.39, 0.29) is 4.68 Å². The van der Waals surface area contributed by atoms with Crippen LogP contribution in [-0.4, -0.2) is 43.4 Å². The lowest BCUT2D eigenvalue weighted by Gasteiger charge is -2.19. The molecule has 0 radical (unpaired) electrons. The molecule has 31 heavy (non-hydrogen) atoms. The highest BCUT2D eigenvalue weighted by atomic mass is 19.4. The van der Waals surface area contributed by atoms with Crippen LogP contribution in [0.15, 0.2) is 23.4 Å². The number of aromatic nitrogens is 5. The van der Waals surface area contributed by atoms with E-state index in [0.717, 1.165) is 7.11 Å². The quantitative estimate of drug-likeness (QED) is 0.558. The Labute approximate surface area is 164 Å². The summed E-state index contributed by atoms with van der Waals surface area (Å²) in [5, 5.41) is 3.16. The Kier molecular flexibility index (Phi) is 5.14. The number of fused-ring (bicyclic) bond motifs is 1. The van der Waals surface area contributed by atoms with Crippen molar-refractivity contribution in [3.8, 4) is 17.0 Å². The van der Waals surface area contributed by atoms with E-state index in [1.54, 1.807) is 0 Å². The van der Waals surface area contributed by atoms with Gasteiger partial charge in [0.25, 0.3) is 11.4 Å². The summed E-state index contributed by atoms with van der Waals surface area (Å²) < 4.78 is 123. The Hall–Kier alpha value is -3.33. The van der Waals surface area contributed by atoms with E-state index in [4.69, 9.17) is 0 Å². The van der Waals surface area contributed by atoms with Gasteiger partial charge in [-0.15, -0.1) is 0 Å². The fraction of sp³-hybridized carbons (Fsp3) is 0.333. The molecule has 3 aromatic rings. The third-order valence-corrected chi connectivity index (χ3v) is 3.90. The molecule has 168 valence electrons. The molecule has 0 unspecified atom stereocenters. The average Bonchev–Trinajstić information content (AvgIpc) is 3.07. The van der Waals surface area contributed by atoms with Gasteiger partial charge in [-0.1, -0.05) is 0 Å². The highest BCUT2D eigenvalue weighted by molar-refractivity contribution is 5.65. The molecule has 0 N–H and O–H groups in total. The topological polar surface area (TPSA) is 74.3 Å². The summed E-state index contributed by atoms with van der Waals surface area (Å²) in [5.41, 5.74) is -5.37. The molecule has 0 aliphatic carbocycles. The van der Waals surface area contributed by atoms with E-state index in [1.165, 1.54) is 0 Å². The first-order valence-corrected chi connectivity index (χ1v) is 7.87. The molecule has 3 rings (SSSR count). The van der Waals surface area contributed by atoms with Gasteiger partial charge in [0.1, 0.15) is 6.54 Å². The van der Waals surface area contributed by atoms with Crippen molar-refractivity contribution >= 4 is 5.78 Å². The minimum Gasteiger partial charge on any atom is -0.479 e. The molecular formula is C15H8F9N5O2. The number of halogens is 9. The predicted molar refractivity (Wildman–Crippen MR) is 83.0 cm³/mol. The van der Waals surface area contributed by atoms with E-state index in [0.29, 0.717) is 23.0 Å². The third kappa shape index (κ3) is 4.00. The zero-order valence-corrected chi connectivity index (χ0v) is 14.9. The van der Waals surface area contributed by atoms with Crippen molar-refractivity contribution in [2.75, 3.05) is 7.11 Å². The highest BCUT2D eigenvalue weighted by Gasteiger charge is 2.57. The van der Waals surface area contributed by atoms with Crippen LogP contribution in [0.5, 0.6) is 5.88 Å². The van der Waals surface area contributed by atoms with Crippen LogP contribution >= 0.6 is 0 Å². The van der Waals surface area contributed by atoms with E-state index >= 15 is 0 Å². The van der Waals surface area contributed by atoms with Crippen LogP contribution in [0.2, 0.25) is 0 Å². The van der Waals surface area contributed by atoms with Gasteiger partial charge in [-0.25, -0.2) is 9.38 Å². The molecule has 0 saturated heterocycles. The molecule has 0 atom stereocenters. The predicted octanol–water partition coefficient (Wildman–Crippen LogP) is 3.32. The lowest BCUT2D eigenvalue weighted by molar-refractivity contribution is -0.287. The van der Waals surface area contributed by atoms with Crippen molar-refractivity contribution in [1.82, 2.24) is 24.1 Å². The summed E-state index contributed by atoms with van der Waals surface area (Å²) in [5.74, 6) is -8.13. The number of hydrogen-bond donors (Lipinski definition) is 0. The summed E-state index contributed by atoms with van der Waals surface area (Å²) in [6.07, 6.45) is -9.93. The molecule has 0 amide bonds.